The average Bonchev–Trinajstić information content (AvgIpc) is 2.97. The van der Waals surface area contributed by atoms with E-state index in [1.54, 1.807) is 6.08 Å². The summed E-state index contributed by atoms with van der Waals surface area (Å²) in [5, 5.41) is 33.6. The molecule has 35 heavy (non-hydrogen) atoms. The molecular weight excluding hydrogens is 462 g/mol. The number of nitrogens with zero attached hydrogens (tertiary/aromatic N) is 1. The zero-order chi connectivity index (χ0) is 26.1. The number of likely N-dealkylation sites (tertiary alicyclic amines) is 1. The number of carbonyl (C=O) groups excluding carboxylic acids is 2. The van der Waals surface area contributed by atoms with E-state index in [2.05, 4.69) is 5.32 Å². The molecule has 1 heterocycles. The molecule has 1 aromatic rings. The van der Waals surface area contributed by atoms with Crippen LogP contribution < -0.4 is 5.32 Å². The molecule has 1 aliphatic heterocycles. The number of halogens is 2. The number of hydrogen-bond acceptors (Lipinski definition) is 6. The molecule has 0 bridgehead atoms. The zero-order valence-corrected chi connectivity index (χ0v) is 20.4. The number of methoxy groups -OCH3 is 1. The minimum absolute atomic E-state index is 0.0242. The highest BCUT2D eigenvalue weighted by molar-refractivity contribution is 5.89. The Morgan fingerprint density at radius 1 is 1.17 bits per heavy atom. The molecule has 10 heteroatoms. The molecular formula is C25H36F2N2O6. The molecule has 0 saturated carbocycles. The van der Waals surface area contributed by atoms with Crippen LogP contribution in [0.1, 0.15) is 45.1 Å². The van der Waals surface area contributed by atoms with Crippen LogP contribution in [0.2, 0.25) is 0 Å². The monoisotopic (exact) mass is 498 g/mol. The Labute approximate surface area is 204 Å². The van der Waals surface area contributed by atoms with E-state index in [4.69, 9.17) is 4.74 Å². The van der Waals surface area contributed by atoms with Gasteiger partial charge in [0.1, 0.15) is 36.0 Å². The van der Waals surface area contributed by atoms with Crippen molar-refractivity contribution < 1.29 is 38.4 Å². The lowest BCUT2D eigenvalue weighted by Crippen LogP contribution is -2.55. The van der Waals surface area contributed by atoms with Crippen LogP contribution in [0.4, 0.5) is 8.78 Å². The Kier molecular flexibility index (Phi) is 11.2. The predicted molar refractivity (Wildman–Crippen MR) is 125 cm³/mol. The molecule has 2 amide bonds. The second kappa shape index (κ2) is 13.6. The van der Waals surface area contributed by atoms with Crippen molar-refractivity contribution in [1.29, 1.82) is 0 Å². The van der Waals surface area contributed by atoms with E-state index in [-0.39, 0.29) is 18.0 Å². The first kappa shape index (κ1) is 28.8. The van der Waals surface area contributed by atoms with Gasteiger partial charge in [-0.1, -0.05) is 32.4 Å². The molecule has 6 atom stereocenters. The molecule has 8 nitrogen and oxygen atoms in total. The molecule has 0 aliphatic carbocycles. The lowest BCUT2D eigenvalue weighted by Gasteiger charge is -2.29. The summed E-state index contributed by atoms with van der Waals surface area (Å²) < 4.78 is 32.2. The van der Waals surface area contributed by atoms with Gasteiger partial charge in [0.15, 0.2) is 6.10 Å². The summed E-state index contributed by atoms with van der Waals surface area (Å²) in [4.78, 5) is 27.4. The molecule has 1 fully saturated rings. The SMILES string of the molecule is CCC(C)/C=C/[C@@H](O)[C@H](O)[C@@H](O)[C@@H](OC)C(=O)N[C@H]1CCCCN(Cc2cc(F)cc(F)c2)C1=O. The van der Waals surface area contributed by atoms with E-state index in [1.807, 2.05) is 13.8 Å². The third-order valence-electron chi connectivity index (χ3n) is 6.20. The number of hydrogen-bond donors (Lipinski definition) is 4. The maximum atomic E-state index is 13.6. The smallest absolute Gasteiger partial charge is 0.252 e. The standard InChI is InChI=1S/C25H36F2N2O6/c1-4-15(2)8-9-20(30)21(31)22(32)23(35-3)24(33)28-19-7-5-6-10-29(25(19)34)14-16-11-17(26)13-18(27)12-16/h8-9,11-13,15,19-23,30-32H,4-7,10,14H2,1-3H3,(H,28,33)/b9-8+/t15?,19-,20+,21-,22+,23+/m0/s1. The average molecular weight is 499 g/mol. The van der Waals surface area contributed by atoms with Gasteiger partial charge in [-0.25, -0.2) is 8.78 Å². The van der Waals surface area contributed by atoms with Crippen LogP contribution in [-0.4, -0.2) is 76.1 Å². The minimum Gasteiger partial charge on any atom is -0.387 e. The van der Waals surface area contributed by atoms with Gasteiger partial charge in [-0.3, -0.25) is 9.59 Å². The summed E-state index contributed by atoms with van der Waals surface area (Å²) in [5.41, 5.74) is 0.288. The highest BCUT2D eigenvalue weighted by Gasteiger charge is 2.37. The number of benzene rings is 1. The van der Waals surface area contributed by atoms with Crippen molar-refractivity contribution in [2.75, 3.05) is 13.7 Å². The van der Waals surface area contributed by atoms with Crippen molar-refractivity contribution in [1.82, 2.24) is 10.2 Å². The molecule has 4 N–H and O–H groups in total. The van der Waals surface area contributed by atoms with Gasteiger partial charge in [0.05, 0.1) is 0 Å². The summed E-state index contributed by atoms with van der Waals surface area (Å²) in [5.74, 6) is -2.59. The highest BCUT2D eigenvalue weighted by atomic mass is 19.1. The summed E-state index contributed by atoms with van der Waals surface area (Å²) in [7, 11) is 1.17. The third kappa shape index (κ3) is 8.34. The summed E-state index contributed by atoms with van der Waals surface area (Å²) in [6.45, 7) is 4.22. The number of carbonyl (C=O) groups is 2. The summed E-state index contributed by atoms with van der Waals surface area (Å²) in [6.07, 6.45) is -0.963. The number of amides is 2. The fourth-order valence-corrected chi connectivity index (χ4v) is 3.91. The van der Waals surface area contributed by atoms with Crippen LogP contribution in [0.25, 0.3) is 0 Å². The number of aliphatic hydroxyl groups is 3. The molecule has 1 saturated heterocycles. The predicted octanol–water partition coefficient (Wildman–Crippen LogP) is 1.66. The Hall–Kier alpha value is -2.40. The van der Waals surface area contributed by atoms with E-state index in [0.717, 1.165) is 24.6 Å². The number of aliphatic hydroxyl groups excluding tert-OH is 3. The van der Waals surface area contributed by atoms with Crippen LogP contribution in [0.5, 0.6) is 0 Å². The molecule has 1 unspecified atom stereocenters. The van der Waals surface area contributed by atoms with Crippen molar-refractivity contribution in [3.05, 3.63) is 47.5 Å². The molecule has 1 aliphatic rings. The van der Waals surface area contributed by atoms with E-state index in [0.29, 0.717) is 25.8 Å². The van der Waals surface area contributed by atoms with Crippen LogP contribution in [-0.2, 0) is 20.9 Å². The van der Waals surface area contributed by atoms with Gasteiger partial charge in [0.25, 0.3) is 5.91 Å². The van der Waals surface area contributed by atoms with E-state index in [9.17, 15) is 33.7 Å². The molecule has 196 valence electrons. The second-order valence-corrected chi connectivity index (χ2v) is 8.99. The molecule has 0 spiro atoms. The van der Waals surface area contributed by atoms with E-state index >= 15 is 0 Å². The van der Waals surface area contributed by atoms with Crippen molar-refractivity contribution in [2.24, 2.45) is 5.92 Å². The Morgan fingerprint density at radius 2 is 1.83 bits per heavy atom. The fraction of sp³-hybridized carbons (Fsp3) is 0.600. The lowest BCUT2D eigenvalue weighted by molar-refractivity contribution is -0.151. The topological polar surface area (TPSA) is 119 Å². The van der Waals surface area contributed by atoms with Gasteiger partial charge < -0.3 is 30.3 Å². The van der Waals surface area contributed by atoms with Crippen LogP contribution in [0.15, 0.2) is 30.4 Å². The van der Waals surface area contributed by atoms with Gasteiger partial charge in [0, 0.05) is 26.3 Å². The van der Waals surface area contributed by atoms with Crippen molar-refractivity contribution in [3.63, 3.8) is 0 Å². The Morgan fingerprint density at radius 3 is 2.43 bits per heavy atom. The summed E-state index contributed by atoms with van der Waals surface area (Å²) >= 11 is 0. The molecule has 0 aromatic heterocycles. The van der Waals surface area contributed by atoms with Gasteiger partial charge in [-0.15, -0.1) is 0 Å². The maximum absolute atomic E-state index is 13.6. The summed E-state index contributed by atoms with van der Waals surface area (Å²) in [6, 6.07) is 2.10. The number of nitrogens with one attached hydrogen (secondary N) is 1. The Bertz CT molecular complexity index is 863. The minimum atomic E-state index is -1.76. The van der Waals surface area contributed by atoms with Gasteiger partial charge >= 0.3 is 0 Å². The number of ether oxygens (including phenoxy) is 1. The van der Waals surface area contributed by atoms with Crippen molar-refractivity contribution >= 4 is 11.8 Å². The maximum Gasteiger partial charge on any atom is 0.252 e. The second-order valence-electron chi connectivity index (χ2n) is 8.99. The quantitative estimate of drug-likeness (QED) is 0.345. The van der Waals surface area contributed by atoms with Gasteiger partial charge in [-0.05, 0) is 42.9 Å². The van der Waals surface area contributed by atoms with E-state index in [1.165, 1.54) is 18.1 Å². The number of allylic oxidation sites excluding steroid dienone is 1. The third-order valence-corrected chi connectivity index (χ3v) is 6.20. The van der Waals surface area contributed by atoms with E-state index < -0.39 is 53.9 Å². The van der Waals surface area contributed by atoms with Crippen LogP contribution in [0.3, 0.4) is 0 Å². The Balaban J connectivity index is 2.07. The number of rotatable bonds is 11. The van der Waals surface area contributed by atoms with Crippen LogP contribution >= 0.6 is 0 Å². The first-order chi connectivity index (χ1) is 16.6. The van der Waals surface area contributed by atoms with Crippen molar-refractivity contribution in [3.8, 4) is 0 Å². The highest BCUT2D eigenvalue weighted by Crippen LogP contribution is 2.18. The molecule has 2 rings (SSSR count). The zero-order valence-electron chi connectivity index (χ0n) is 20.4. The van der Waals surface area contributed by atoms with Gasteiger partial charge in [0.2, 0.25) is 5.91 Å². The normalized spacial score (nSPS) is 21.3. The first-order valence-corrected chi connectivity index (χ1v) is 11.9. The fourth-order valence-electron chi connectivity index (χ4n) is 3.91. The molecule has 0 radical (unpaired) electrons. The first-order valence-electron chi connectivity index (χ1n) is 11.9. The molecule has 1 aromatic carbocycles. The van der Waals surface area contributed by atoms with Crippen LogP contribution in [0, 0.1) is 17.6 Å². The van der Waals surface area contributed by atoms with Gasteiger partial charge in [-0.2, -0.15) is 0 Å². The largest absolute Gasteiger partial charge is 0.387 e. The van der Waals surface area contributed by atoms with Crippen molar-refractivity contribution in [2.45, 2.75) is 76.5 Å². The lowest BCUT2D eigenvalue weighted by atomic mass is 9.99.